The van der Waals surface area contributed by atoms with Crippen LogP contribution in [-0.4, -0.2) is 24.5 Å². The molecule has 1 aromatic rings. The van der Waals surface area contributed by atoms with Crippen LogP contribution in [-0.2, 0) is 0 Å². The maximum absolute atomic E-state index is 13.3. The summed E-state index contributed by atoms with van der Waals surface area (Å²) in [5, 5.41) is 0. The van der Waals surface area contributed by atoms with E-state index in [1.165, 1.54) is 24.8 Å². The number of benzene rings is 1. The predicted octanol–water partition coefficient (Wildman–Crippen LogP) is 3.65. The van der Waals surface area contributed by atoms with E-state index in [-0.39, 0.29) is 11.9 Å². The molecule has 2 N–H and O–H groups in total. The van der Waals surface area contributed by atoms with Crippen molar-refractivity contribution < 1.29 is 4.39 Å². The molecule has 0 spiro atoms. The van der Waals surface area contributed by atoms with Gasteiger partial charge in [-0.1, -0.05) is 19.9 Å². The lowest BCUT2D eigenvalue weighted by atomic mass is 9.85. The monoisotopic (exact) mass is 278 g/mol. The number of aryl methyl sites for hydroxylation is 1. The molecule has 0 amide bonds. The summed E-state index contributed by atoms with van der Waals surface area (Å²) in [4.78, 5) is 2.48. The lowest BCUT2D eigenvalue weighted by molar-refractivity contribution is 0.199. The van der Waals surface area contributed by atoms with E-state index in [0.717, 1.165) is 18.7 Å². The molecule has 1 aliphatic heterocycles. The summed E-state index contributed by atoms with van der Waals surface area (Å²) in [5.74, 6) is -0.168. The topological polar surface area (TPSA) is 29.3 Å². The fourth-order valence-electron chi connectivity index (χ4n) is 3.24. The highest BCUT2D eigenvalue weighted by Gasteiger charge is 2.27. The van der Waals surface area contributed by atoms with E-state index in [1.54, 1.807) is 12.1 Å². The molecule has 1 aromatic carbocycles. The van der Waals surface area contributed by atoms with Crippen molar-refractivity contribution in [3.8, 4) is 0 Å². The molecule has 2 rings (SSSR count). The summed E-state index contributed by atoms with van der Waals surface area (Å²) >= 11 is 0. The van der Waals surface area contributed by atoms with Gasteiger partial charge in [0.05, 0.1) is 0 Å². The molecule has 1 fully saturated rings. The third-order valence-corrected chi connectivity index (χ3v) is 4.63. The van der Waals surface area contributed by atoms with Crippen molar-refractivity contribution in [1.82, 2.24) is 4.90 Å². The summed E-state index contributed by atoms with van der Waals surface area (Å²) in [6.45, 7) is 9.41. The van der Waals surface area contributed by atoms with Crippen molar-refractivity contribution in [2.45, 2.75) is 46.1 Å². The molecule has 1 saturated heterocycles. The second-order valence-electron chi connectivity index (χ2n) is 6.81. The first kappa shape index (κ1) is 15.5. The van der Waals surface area contributed by atoms with Crippen LogP contribution in [0, 0.1) is 18.2 Å². The molecule has 2 nitrogen and oxygen atoms in total. The van der Waals surface area contributed by atoms with E-state index in [2.05, 4.69) is 18.7 Å². The van der Waals surface area contributed by atoms with Crippen molar-refractivity contribution in [3.63, 3.8) is 0 Å². The number of halogens is 1. The van der Waals surface area contributed by atoms with Gasteiger partial charge in [-0.2, -0.15) is 0 Å². The Morgan fingerprint density at radius 3 is 2.70 bits per heavy atom. The Hall–Kier alpha value is -0.930. The molecular formula is C17H27FN2. The molecule has 1 heterocycles. The van der Waals surface area contributed by atoms with Gasteiger partial charge in [-0.05, 0) is 68.0 Å². The highest BCUT2D eigenvalue weighted by atomic mass is 19.1. The first-order chi connectivity index (χ1) is 9.43. The fourth-order valence-corrected chi connectivity index (χ4v) is 3.24. The molecule has 1 atom stereocenters. The van der Waals surface area contributed by atoms with Crippen molar-refractivity contribution >= 4 is 0 Å². The van der Waals surface area contributed by atoms with Crippen LogP contribution in [0.5, 0.6) is 0 Å². The predicted molar refractivity (Wildman–Crippen MR) is 82.1 cm³/mol. The Morgan fingerprint density at radius 2 is 2.05 bits per heavy atom. The Kier molecular flexibility index (Phi) is 4.82. The van der Waals surface area contributed by atoms with Crippen LogP contribution >= 0.6 is 0 Å². The van der Waals surface area contributed by atoms with E-state index in [0.29, 0.717) is 12.0 Å². The second-order valence-corrected chi connectivity index (χ2v) is 6.81. The Bertz CT molecular complexity index is 456. The number of nitrogens with zero attached hydrogens (tertiary/aromatic N) is 1. The van der Waals surface area contributed by atoms with E-state index in [9.17, 15) is 4.39 Å². The Balaban J connectivity index is 2.19. The van der Waals surface area contributed by atoms with Crippen LogP contribution in [0.1, 0.15) is 50.3 Å². The van der Waals surface area contributed by atoms with Gasteiger partial charge in [0.25, 0.3) is 0 Å². The molecule has 0 saturated carbocycles. The third-order valence-electron chi connectivity index (χ3n) is 4.63. The van der Waals surface area contributed by atoms with Crippen LogP contribution < -0.4 is 5.73 Å². The first-order valence-corrected chi connectivity index (χ1v) is 7.63. The van der Waals surface area contributed by atoms with E-state index >= 15 is 0 Å². The highest BCUT2D eigenvalue weighted by Crippen LogP contribution is 2.33. The van der Waals surface area contributed by atoms with Gasteiger partial charge in [-0.15, -0.1) is 0 Å². The van der Waals surface area contributed by atoms with Crippen molar-refractivity contribution in [1.29, 1.82) is 0 Å². The molecular weight excluding hydrogens is 251 g/mol. The summed E-state index contributed by atoms with van der Waals surface area (Å²) in [6, 6.07) is 5.27. The van der Waals surface area contributed by atoms with Crippen LogP contribution in [0.3, 0.4) is 0 Å². The van der Waals surface area contributed by atoms with Gasteiger partial charge in [0.15, 0.2) is 0 Å². The molecule has 0 aromatic heterocycles. The zero-order valence-corrected chi connectivity index (χ0v) is 13.0. The molecule has 0 aliphatic carbocycles. The van der Waals surface area contributed by atoms with Gasteiger partial charge in [0.2, 0.25) is 0 Å². The van der Waals surface area contributed by atoms with Crippen LogP contribution in [0.2, 0.25) is 0 Å². The third kappa shape index (κ3) is 3.58. The van der Waals surface area contributed by atoms with E-state index in [4.69, 9.17) is 5.73 Å². The van der Waals surface area contributed by atoms with Gasteiger partial charge >= 0.3 is 0 Å². The zero-order valence-electron chi connectivity index (χ0n) is 13.0. The first-order valence-electron chi connectivity index (χ1n) is 7.63. The summed E-state index contributed by atoms with van der Waals surface area (Å²) < 4.78 is 13.3. The van der Waals surface area contributed by atoms with Crippen molar-refractivity contribution in [3.05, 3.63) is 35.1 Å². The summed E-state index contributed by atoms with van der Waals surface area (Å²) in [5.41, 5.74) is 8.63. The van der Waals surface area contributed by atoms with E-state index < -0.39 is 0 Å². The van der Waals surface area contributed by atoms with Gasteiger partial charge in [-0.3, -0.25) is 4.90 Å². The number of likely N-dealkylation sites (tertiary alicyclic amines) is 1. The SMILES string of the molecule is Cc1cc(F)ccc1C(CN)N1CCCC(C)(C)CC1. The number of rotatable bonds is 3. The highest BCUT2D eigenvalue weighted by molar-refractivity contribution is 5.30. The van der Waals surface area contributed by atoms with E-state index in [1.807, 2.05) is 13.0 Å². The smallest absolute Gasteiger partial charge is 0.123 e. The lowest BCUT2D eigenvalue weighted by Gasteiger charge is -2.31. The molecule has 0 bridgehead atoms. The largest absolute Gasteiger partial charge is 0.329 e. The molecule has 3 heteroatoms. The summed E-state index contributed by atoms with van der Waals surface area (Å²) in [7, 11) is 0. The molecule has 112 valence electrons. The maximum atomic E-state index is 13.3. The van der Waals surface area contributed by atoms with Crippen LogP contribution in [0.15, 0.2) is 18.2 Å². The second kappa shape index (κ2) is 6.23. The van der Waals surface area contributed by atoms with Crippen molar-refractivity contribution in [2.24, 2.45) is 11.1 Å². The summed E-state index contributed by atoms with van der Waals surface area (Å²) in [6.07, 6.45) is 3.68. The molecule has 0 radical (unpaired) electrons. The number of nitrogens with two attached hydrogens (primary N) is 1. The molecule has 1 unspecified atom stereocenters. The average Bonchev–Trinajstić information content (AvgIpc) is 2.54. The van der Waals surface area contributed by atoms with Gasteiger partial charge < -0.3 is 5.73 Å². The maximum Gasteiger partial charge on any atom is 0.123 e. The van der Waals surface area contributed by atoms with Crippen molar-refractivity contribution in [2.75, 3.05) is 19.6 Å². The van der Waals surface area contributed by atoms with Crippen LogP contribution in [0.4, 0.5) is 4.39 Å². The lowest BCUT2D eigenvalue weighted by Crippen LogP contribution is -2.35. The average molecular weight is 278 g/mol. The Labute approximate surface area is 122 Å². The fraction of sp³-hybridized carbons (Fsp3) is 0.647. The van der Waals surface area contributed by atoms with Gasteiger partial charge in [0.1, 0.15) is 5.82 Å². The number of hydrogen-bond donors (Lipinski definition) is 1. The Morgan fingerprint density at radius 1 is 1.30 bits per heavy atom. The number of hydrogen-bond acceptors (Lipinski definition) is 2. The van der Waals surface area contributed by atoms with Crippen LogP contribution in [0.25, 0.3) is 0 Å². The minimum atomic E-state index is -0.168. The normalized spacial score (nSPS) is 21.4. The minimum Gasteiger partial charge on any atom is -0.329 e. The zero-order chi connectivity index (χ0) is 14.8. The van der Waals surface area contributed by atoms with Gasteiger partial charge in [0, 0.05) is 12.6 Å². The van der Waals surface area contributed by atoms with Gasteiger partial charge in [-0.25, -0.2) is 4.39 Å². The molecule has 20 heavy (non-hydrogen) atoms. The minimum absolute atomic E-state index is 0.168. The molecule has 1 aliphatic rings. The quantitative estimate of drug-likeness (QED) is 0.914. The standard InChI is InChI=1S/C17H27FN2/c1-13-11-14(18)5-6-15(13)16(12-19)20-9-4-7-17(2,3)8-10-20/h5-6,11,16H,4,7-10,12,19H2,1-3H3.